The lowest BCUT2D eigenvalue weighted by atomic mass is 9.95. The highest BCUT2D eigenvalue weighted by Gasteiger charge is 2.31. The van der Waals surface area contributed by atoms with Crippen molar-refractivity contribution in [2.24, 2.45) is 5.73 Å². The van der Waals surface area contributed by atoms with E-state index >= 15 is 0 Å². The Morgan fingerprint density at radius 3 is 2.71 bits per heavy atom. The summed E-state index contributed by atoms with van der Waals surface area (Å²) < 4.78 is 0. The minimum atomic E-state index is 0.119. The lowest BCUT2D eigenvalue weighted by molar-refractivity contribution is 0.0494. The average molecular weight is 232 g/mol. The molecular weight excluding hydrogens is 212 g/mol. The minimum Gasteiger partial charge on any atom is -0.332 e. The Balaban J connectivity index is 2.21. The standard InChI is InChI=1S/C14H20N2O/c1-11-6-5-9-13(10-15)16(11)14(17)12-7-3-2-4-8-12/h2-4,7-8,11,13H,5-6,9-10,15H2,1H3. The van der Waals surface area contributed by atoms with Crippen LogP contribution in [0.15, 0.2) is 30.3 Å². The summed E-state index contributed by atoms with van der Waals surface area (Å²) in [5.41, 5.74) is 6.54. The molecule has 92 valence electrons. The van der Waals surface area contributed by atoms with Gasteiger partial charge in [0.05, 0.1) is 0 Å². The lowest BCUT2D eigenvalue weighted by Crippen LogP contribution is -2.51. The molecule has 2 unspecified atom stereocenters. The number of likely N-dealkylation sites (tertiary alicyclic amines) is 1. The first-order valence-corrected chi connectivity index (χ1v) is 6.32. The van der Waals surface area contributed by atoms with Crippen LogP contribution in [-0.4, -0.2) is 29.4 Å². The molecule has 2 N–H and O–H groups in total. The van der Waals surface area contributed by atoms with Gasteiger partial charge in [0, 0.05) is 24.2 Å². The first-order chi connectivity index (χ1) is 8.24. The summed E-state index contributed by atoms with van der Waals surface area (Å²) >= 11 is 0. The Labute approximate surface area is 103 Å². The van der Waals surface area contributed by atoms with E-state index in [1.807, 2.05) is 35.2 Å². The van der Waals surface area contributed by atoms with E-state index in [-0.39, 0.29) is 11.9 Å². The van der Waals surface area contributed by atoms with E-state index in [0.717, 1.165) is 18.4 Å². The highest BCUT2D eigenvalue weighted by molar-refractivity contribution is 5.94. The quantitative estimate of drug-likeness (QED) is 0.848. The summed E-state index contributed by atoms with van der Waals surface area (Å²) in [5.74, 6) is 0.119. The van der Waals surface area contributed by atoms with Gasteiger partial charge in [-0.15, -0.1) is 0 Å². The summed E-state index contributed by atoms with van der Waals surface area (Å²) in [4.78, 5) is 14.4. The van der Waals surface area contributed by atoms with Crippen molar-refractivity contribution in [1.82, 2.24) is 4.90 Å². The van der Waals surface area contributed by atoms with Gasteiger partial charge in [0.2, 0.25) is 0 Å². The Morgan fingerprint density at radius 1 is 1.35 bits per heavy atom. The maximum Gasteiger partial charge on any atom is 0.254 e. The predicted octanol–water partition coefficient (Wildman–Crippen LogP) is 2.03. The van der Waals surface area contributed by atoms with Crippen LogP contribution in [0, 0.1) is 0 Å². The first kappa shape index (κ1) is 12.1. The number of nitrogens with zero attached hydrogens (tertiary/aromatic N) is 1. The van der Waals surface area contributed by atoms with Crippen LogP contribution in [0.4, 0.5) is 0 Å². The van der Waals surface area contributed by atoms with Gasteiger partial charge in [0.1, 0.15) is 0 Å². The first-order valence-electron chi connectivity index (χ1n) is 6.32. The van der Waals surface area contributed by atoms with Gasteiger partial charge in [-0.2, -0.15) is 0 Å². The summed E-state index contributed by atoms with van der Waals surface area (Å²) in [6, 6.07) is 9.97. The van der Waals surface area contributed by atoms with Gasteiger partial charge in [0.15, 0.2) is 0 Å². The number of rotatable bonds is 2. The molecule has 0 bridgehead atoms. The molecule has 1 amide bonds. The van der Waals surface area contributed by atoms with Crippen molar-refractivity contribution in [2.75, 3.05) is 6.54 Å². The van der Waals surface area contributed by atoms with Crippen LogP contribution in [0.5, 0.6) is 0 Å². The van der Waals surface area contributed by atoms with Crippen molar-refractivity contribution in [3.63, 3.8) is 0 Å². The molecule has 3 heteroatoms. The molecule has 0 radical (unpaired) electrons. The van der Waals surface area contributed by atoms with E-state index in [9.17, 15) is 4.79 Å². The third kappa shape index (κ3) is 2.50. The van der Waals surface area contributed by atoms with Crippen molar-refractivity contribution in [3.05, 3.63) is 35.9 Å². The molecule has 17 heavy (non-hydrogen) atoms. The van der Waals surface area contributed by atoms with Crippen molar-refractivity contribution in [2.45, 2.75) is 38.3 Å². The molecule has 0 aromatic heterocycles. The number of carbonyl (C=O) groups is 1. The maximum atomic E-state index is 12.4. The largest absolute Gasteiger partial charge is 0.332 e. The fourth-order valence-corrected chi connectivity index (χ4v) is 2.61. The molecule has 1 heterocycles. The van der Waals surface area contributed by atoms with Crippen LogP contribution in [0.3, 0.4) is 0 Å². The number of piperidine rings is 1. The molecule has 1 saturated heterocycles. The highest BCUT2D eigenvalue weighted by atomic mass is 16.2. The number of nitrogens with two attached hydrogens (primary N) is 1. The van der Waals surface area contributed by atoms with Gasteiger partial charge >= 0.3 is 0 Å². The van der Waals surface area contributed by atoms with Crippen molar-refractivity contribution in [3.8, 4) is 0 Å². The highest BCUT2D eigenvalue weighted by Crippen LogP contribution is 2.24. The zero-order valence-electron chi connectivity index (χ0n) is 10.3. The molecule has 0 spiro atoms. The van der Waals surface area contributed by atoms with Crippen LogP contribution in [0.1, 0.15) is 36.5 Å². The van der Waals surface area contributed by atoms with Crippen LogP contribution in [0.25, 0.3) is 0 Å². The zero-order valence-corrected chi connectivity index (χ0v) is 10.3. The summed E-state index contributed by atoms with van der Waals surface area (Å²) in [7, 11) is 0. The predicted molar refractivity (Wildman–Crippen MR) is 68.8 cm³/mol. The van der Waals surface area contributed by atoms with E-state index in [1.165, 1.54) is 6.42 Å². The van der Waals surface area contributed by atoms with Crippen LogP contribution in [-0.2, 0) is 0 Å². The summed E-state index contributed by atoms with van der Waals surface area (Å²) in [6.07, 6.45) is 3.27. The van der Waals surface area contributed by atoms with E-state index in [0.29, 0.717) is 12.6 Å². The molecule has 1 aromatic rings. The molecule has 0 saturated carbocycles. The van der Waals surface area contributed by atoms with Gasteiger partial charge < -0.3 is 10.6 Å². The minimum absolute atomic E-state index is 0.119. The second-order valence-electron chi connectivity index (χ2n) is 4.75. The summed E-state index contributed by atoms with van der Waals surface area (Å²) in [6.45, 7) is 2.67. The molecule has 2 rings (SSSR count). The summed E-state index contributed by atoms with van der Waals surface area (Å²) in [5, 5.41) is 0. The zero-order chi connectivity index (χ0) is 12.3. The fourth-order valence-electron chi connectivity index (χ4n) is 2.61. The SMILES string of the molecule is CC1CCCC(CN)N1C(=O)c1ccccc1. The number of hydrogen-bond donors (Lipinski definition) is 1. The van der Waals surface area contributed by atoms with Crippen molar-refractivity contribution >= 4 is 5.91 Å². The molecule has 3 nitrogen and oxygen atoms in total. The monoisotopic (exact) mass is 232 g/mol. The third-order valence-electron chi connectivity index (χ3n) is 3.55. The van der Waals surface area contributed by atoms with E-state index < -0.39 is 0 Å². The van der Waals surface area contributed by atoms with Gasteiger partial charge in [-0.25, -0.2) is 0 Å². The van der Waals surface area contributed by atoms with E-state index in [4.69, 9.17) is 5.73 Å². The topological polar surface area (TPSA) is 46.3 Å². The third-order valence-corrected chi connectivity index (χ3v) is 3.55. The molecule has 1 fully saturated rings. The van der Waals surface area contributed by atoms with Gasteiger partial charge in [0.25, 0.3) is 5.91 Å². The van der Waals surface area contributed by atoms with Crippen molar-refractivity contribution in [1.29, 1.82) is 0 Å². The second kappa shape index (κ2) is 5.32. The second-order valence-corrected chi connectivity index (χ2v) is 4.75. The molecule has 1 aliphatic rings. The maximum absolute atomic E-state index is 12.4. The van der Waals surface area contributed by atoms with Gasteiger partial charge in [-0.3, -0.25) is 4.79 Å². The smallest absolute Gasteiger partial charge is 0.254 e. The molecule has 2 atom stereocenters. The fraction of sp³-hybridized carbons (Fsp3) is 0.500. The van der Waals surface area contributed by atoms with E-state index in [2.05, 4.69) is 6.92 Å². The normalized spacial score (nSPS) is 24.7. The van der Waals surface area contributed by atoms with Gasteiger partial charge in [-0.1, -0.05) is 18.2 Å². The van der Waals surface area contributed by atoms with Gasteiger partial charge in [-0.05, 0) is 38.3 Å². The Morgan fingerprint density at radius 2 is 2.06 bits per heavy atom. The number of carbonyl (C=O) groups excluding carboxylic acids is 1. The lowest BCUT2D eigenvalue weighted by Gasteiger charge is -2.40. The van der Waals surface area contributed by atoms with Crippen molar-refractivity contribution < 1.29 is 4.79 Å². The molecular formula is C14H20N2O. The van der Waals surface area contributed by atoms with Crippen LogP contribution >= 0.6 is 0 Å². The van der Waals surface area contributed by atoms with E-state index in [1.54, 1.807) is 0 Å². The molecule has 1 aliphatic heterocycles. The Hall–Kier alpha value is -1.35. The average Bonchev–Trinajstić information content (AvgIpc) is 2.38. The molecule has 0 aliphatic carbocycles. The number of amides is 1. The number of hydrogen-bond acceptors (Lipinski definition) is 2. The Bertz CT molecular complexity index is 377. The Kier molecular flexibility index (Phi) is 3.79. The molecule has 1 aromatic carbocycles. The number of benzene rings is 1. The van der Waals surface area contributed by atoms with Crippen LogP contribution < -0.4 is 5.73 Å². The van der Waals surface area contributed by atoms with Crippen LogP contribution in [0.2, 0.25) is 0 Å².